The van der Waals surface area contributed by atoms with Crippen LogP contribution >= 0.6 is 0 Å². The Kier molecular flexibility index (Phi) is 3.64. The normalized spacial score (nSPS) is 13.6. The minimum Gasteiger partial charge on any atom is -0.0619 e. The Bertz CT molecular complexity index is 1390. The van der Waals surface area contributed by atoms with Crippen LogP contribution in [0.15, 0.2) is 109 Å². The van der Waals surface area contributed by atoms with E-state index >= 15 is 0 Å². The molecule has 0 saturated heterocycles. The number of rotatable bonds is 2. The largest absolute Gasteiger partial charge is 0.0647 e. The Morgan fingerprint density at radius 1 is 0.379 bits per heavy atom. The molecule has 0 heteroatoms. The third kappa shape index (κ3) is 2.53. The van der Waals surface area contributed by atoms with Gasteiger partial charge in [0.2, 0.25) is 0 Å². The Morgan fingerprint density at radius 2 is 0.897 bits per heavy atom. The molecule has 1 aliphatic rings. The molecular weight excluding hydrogens is 348 g/mol. The molecule has 29 heavy (non-hydrogen) atoms. The number of hydrogen-bond donors (Lipinski definition) is 0. The van der Waals surface area contributed by atoms with Gasteiger partial charge in [-0.1, -0.05) is 109 Å². The van der Waals surface area contributed by atoms with Gasteiger partial charge >= 0.3 is 0 Å². The van der Waals surface area contributed by atoms with Crippen molar-refractivity contribution in [2.45, 2.75) is 0 Å². The van der Waals surface area contributed by atoms with Gasteiger partial charge < -0.3 is 0 Å². The van der Waals surface area contributed by atoms with Crippen LogP contribution in [0, 0.1) is 5.92 Å². The Labute approximate surface area is 170 Å². The van der Waals surface area contributed by atoms with Gasteiger partial charge in [-0.2, -0.15) is 0 Å². The summed E-state index contributed by atoms with van der Waals surface area (Å²) in [6, 6.07) is 39.3. The van der Waals surface area contributed by atoms with E-state index in [1.807, 2.05) is 0 Å². The lowest BCUT2D eigenvalue weighted by Gasteiger charge is -2.20. The highest BCUT2D eigenvalue weighted by atomic mass is 14.3. The number of benzene rings is 5. The Morgan fingerprint density at radius 3 is 1.66 bits per heavy atom. The fourth-order valence-electron chi connectivity index (χ4n) is 4.63. The van der Waals surface area contributed by atoms with Crippen molar-refractivity contribution < 1.29 is 0 Å². The number of fused-ring (bicyclic) bond motifs is 3. The molecular formula is C29H19. The lowest BCUT2D eigenvalue weighted by atomic mass is 9.82. The third-order valence-electron chi connectivity index (χ3n) is 5.94. The second-order valence-electron chi connectivity index (χ2n) is 7.57. The number of allylic oxidation sites excluding steroid dienone is 1. The molecule has 0 amide bonds. The van der Waals surface area contributed by atoms with E-state index in [4.69, 9.17) is 0 Å². The van der Waals surface area contributed by atoms with Gasteiger partial charge in [-0.15, -0.1) is 0 Å². The van der Waals surface area contributed by atoms with E-state index in [0.717, 1.165) is 0 Å². The molecule has 0 bridgehead atoms. The molecule has 5 aromatic carbocycles. The summed E-state index contributed by atoms with van der Waals surface area (Å²) in [7, 11) is 0. The molecule has 1 radical (unpaired) electrons. The molecule has 0 fully saturated rings. The van der Waals surface area contributed by atoms with Crippen LogP contribution in [-0.2, 0) is 0 Å². The SMILES string of the molecule is C1=C(c2cccc3ccccc23)[C](c2cccc3ccccc23)c2ccccc21. The van der Waals surface area contributed by atoms with Crippen LogP contribution in [0.2, 0.25) is 0 Å². The lowest BCUT2D eigenvalue weighted by Crippen LogP contribution is -2.03. The van der Waals surface area contributed by atoms with Crippen molar-refractivity contribution in [3.05, 3.63) is 137 Å². The second-order valence-corrected chi connectivity index (χ2v) is 7.57. The Balaban J connectivity index is 1.66. The standard InChI is InChI=1S/C29H19/c1-4-14-23-20(9-1)12-7-17-26(23)28-19-22-11-3-6-16-25(22)29(28)27-18-8-13-21-10-2-5-15-24(21)27/h1-19H. The van der Waals surface area contributed by atoms with E-state index < -0.39 is 0 Å². The molecule has 0 nitrogen and oxygen atoms in total. The fourth-order valence-corrected chi connectivity index (χ4v) is 4.63. The van der Waals surface area contributed by atoms with Gasteiger partial charge in [0.15, 0.2) is 0 Å². The van der Waals surface area contributed by atoms with Crippen molar-refractivity contribution in [3.8, 4) is 0 Å². The van der Waals surface area contributed by atoms with Gasteiger partial charge in [0.05, 0.1) is 5.92 Å². The lowest BCUT2D eigenvalue weighted by molar-refractivity contribution is 1.34. The first-order valence-electron chi connectivity index (χ1n) is 10.0. The predicted octanol–water partition coefficient (Wildman–Crippen LogP) is 7.52. The molecule has 0 atom stereocenters. The van der Waals surface area contributed by atoms with Crippen LogP contribution in [0.25, 0.3) is 33.2 Å². The van der Waals surface area contributed by atoms with Crippen LogP contribution in [-0.4, -0.2) is 0 Å². The zero-order chi connectivity index (χ0) is 19.2. The minimum atomic E-state index is 1.28. The highest BCUT2D eigenvalue weighted by Gasteiger charge is 2.30. The monoisotopic (exact) mass is 367 g/mol. The smallest absolute Gasteiger partial charge is 0.0619 e. The molecule has 5 aromatic rings. The van der Waals surface area contributed by atoms with Crippen molar-refractivity contribution in [1.29, 1.82) is 0 Å². The van der Waals surface area contributed by atoms with Crippen molar-refractivity contribution in [1.82, 2.24) is 0 Å². The summed E-state index contributed by atoms with van der Waals surface area (Å²) in [5.41, 5.74) is 6.50. The summed E-state index contributed by atoms with van der Waals surface area (Å²) < 4.78 is 0. The van der Waals surface area contributed by atoms with Crippen molar-refractivity contribution >= 4 is 33.2 Å². The zero-order valence-electron chi connectivity index (χ0n) is 16.0. The number of hydrogen-bond acceptors (Lipinski definition) is 0. The molecule has 0 unspecified atom stereocenters. The van der Waals surface area contributed by atoms with Gasteiger partial charge in [-0.3, -0.25) is 0 Å². The zero-order valence-corrected chi connectivity index (χ0v) is 16.0. The molecule has 1 aliphatic carbocycles. The van der Waals surface area contributed by atoms with E-state index in [2.05, 4.69) is 115 Å². The maximum absolute atomic E-state index is 2.36. The van der Waals surface area contributed by atoms with Gasteiger partial charge in [0, 0.05) is 0 Å². The first-order chi connectivity index (χ1) is 14.4. The molecule has 0 heterocycles. The van der Waals surface area contributed by atoms with Crippen molar-refractivity contribution in [3.63, 3.8) is 0 Å². The summed E-state index contributed by atoms with van der Waals surface area (Å²) in [5.74, 6) is 1.33. The van der Waals surface area contributed by atoms with Gasteiger partial charge in [-0.25, -0.2) is 0 Å². The molecule has 0 N–H and O–H groups in total. The van der Waals surface area contributed by atoms with E-state index in [0.29, 0.717) is 0 Å². The van der Waals surface area contributed by atoms with E-state index in [9.17, 15) is 0 Å². The average Bonchev–Trinajstić information content (AvgIpc) is 3.17. The molecule has 6 rings (SSSR count). The Hall–Kier alpha value is -3.64. The average molecular weight is 367 g/mol. The second kappa shape index (κ2) is 6.46. The van der Waals surface area contributed by atoms with Gasteiger partial charge in [-0.05, 0) is 55.4 Å². The van der Waals surface area contributed by atoms with Crippen LogP contribution in [0.4, 0.5) is 0 Å². The maximum atomic E-state index is 2.36. The van der Waals surface area contributed by atoms with Crippen LogP contribution in [0.1, 0.15) is 22.3 Å². The predicted molar refractivity (Wildman–Crippen MR) is 124 cm³/mol. The van der Waals surface area contributed by atoms with Gasteiger partial charge in [0.25, 0.3) is 0 Å². The third-order valence-corrected chi connectivity index (χ3v) is 5.94. The minimum absolute atomic E-state index is 1.28. The van der Waals surface area contributed by atoms with E-state index in [-0.39, 0.29) is 0 Å². The summed E-state index contributed by atoms with van der Waals surface area (Å²) >= 11 is 0. The topological polar surface area (TPSA) is 0 Å². The molecule has 0 aliphatic heterocycles. The van der Waals surface area contributed by atoms with E-state index in [1.54, 1.807) is 0 Å². The molecule has 0 spiro atoms. The van der Waals surface area contributed by atoms with Crippen LogP contribution in [0.5, 0.6) is 0 Å². The van der Waals surface area contributed by atoms with Crippen molar-refractivity contribution in [2.24, 2.45) is 0 Å². The van der Waals surface area contributed by atoms with Crippen LogP contribution in [0.3, 0.4) is 0 Å². The molecule has 0 aromatic heterocycles. The first kappa shape index (κ1) is 16.3. The summed E-state index contributed by atoms with van der Waals surface area (Å²) in [5, 5.41) is 5.15. The van der Waals surface area contributed by atoms with Crippen LogP contribution < -0.4 is 0 Å². The maximum Gasteiger partial charge on any atom is 0.0647 e. The highest BCUT2D eigenvalue weighted by Crippen LogP contribution is 2.48. The van der Waals surface area contributed by atoms with Gasteiger partial charge in [0.1, 0.15) is 0 Å². The summed E-state index contributed by atoms with van der Waals surface area (Å²) in [6.07, 6.45) is 2.36. The van der Waals surface area contributed by atoms with E-state index in [1.165, 1.54) is 55.3 Å². The molecule has 135 valence electrons. The summed E-state index contributed by atoms with van der Waals surface area (Å²) in [4.78, 5) is 0. The highest BCUT2D eigenvalue weighted by molar-refractivity contribution is 6.10. The van der Waals surface area contributed by atoms with Crippen molar-refractivity contribution in [2.75, 3.05) is 0 Å². The fraction of sp³-hybridized carbons (Fsp3) is 0. The quantitative estimate of drug-likeness (QED) is 0.303. The summed E-state index contributed by atoms with van der Waals surface area (Å²) in [6.45, 7) is 0. The first-order valence-corrected chi connectivity index (χ1v) is 10.0. The molecule has 0 saturated carbocycles.